The van der Waals surface area contributed by atoms with Crippen LogP contribution in [0.3, 0.4) is 0 Å². The van der Waals surface area contributed by atoms with E-state index in [1.807, 2.05) is 13.8 Å². The summed E-state index contributed by atoms with van der Waals surface area (Å²) in [5.41, 5.74) is -3.12. The van der Waals surface area contributed by atoms with Crippen molar-refractivity contribution >= 4 is 46.3 Å². The molecule has 2 aromatic rings. The molecule has 0 amide bonds. The summed E-state index contributed by atoms with van der Waals surface area (Å²) in [6.07, 6.45) is -4.74. The molecule has 1 unspecified atom stereocenters. The van der Waals surface area contributed by atoms with E-state index in [9.17, 15) is 18.3 Å². The number of aromatic nitrogens is 1. The molecule has 0 saturated heterocycles. The largest absolute Gasteiger partial charge is 0.421 e. The van der Waals surface area contributed by atoms with Crippen molar-refractivity contribution in [1.29, 1.82) is 0 Å². The van der Waals surface area contributed by atoms with Gasteiger partial charge in [-0.3, -0.25) is 0 Å². The molecule has 0 saturated carbocycles. The van der Waals surface area contributed by atoms with Gasteiger partial charge in [-0.05, 0) is 24.6 Å². The van der Waals surface area contributed by atoms with Gasteiger partial charge >= 0.3 is 6.18 Å². The summed E-state index contributed by atoms with van der Waals surface area (Å²) < 4.78 is 39.1. The zero-order valence-electron chi connectivity index (χ0n) is 12.4. The Morgan fingerprint density at radius 3 is 2.04 bits per heavy atom. The number of hydrogen-bond acceptors (Lipinski definition) is 4. The zero-order valence-corrected chi connectivity index (χ0v) is 15.6. The van der Waals surface area contributed by atoms with Gasteiger partial charge < -0.3 is 5.11 Å². The molecule has 1 N–H and O–H groups in total. The fourth-order valence-corrected chi connectivity index (χ4v) is 4.04. The topological polar surface area (TPSA) is 33.1 Å². The quantitative estimate of drug-likeness (QED) is 0.643. The van der Waals surface area contributed by atoms with Crippen LogP contribution in [-0.4, -0.2) is 16.3 Å². The third kappa shape index (κ3) is 5.00. The van der Waals surface area contributed by atoms with Crippen molar-refractivity contribution < 1.29 is 18.3 Å². The zero-order chi connectivity index (χ0) is 17.8. The number of thiazole rings is 1. The summed E-state index contributed by atoms with van der Waals surface area (Å²) in [7, 11) is 0. The van der Waals surface area contributed by atoms with Crippen LogP contribution in [-0.2, 0) is 5.60 Å². The Hall–Kier alpha value is -0.470. The van der Waals surface area contributed by atoms with Gasteiger partial charge in [0.25, 0.3) is 0 Å². The molecule has 1 atom stereocenters. The lowest BCUT2D eigenvalue weighted by molar-refractivity contribution is -0.258. The van der Waals surface area contributed by atoms with Gasteiger partial charge in [-0.2, -0.15) is 13.2 Å². The first kappa shape index (κ1) is 20.6. The highest BCUT2D eigenvalue weighted by molar-refractivity contribution is 8.01. The molecular formula is C14H14Cl2F3NOS2. The van der Waals surface area contributed by atoms with Crippen molar-refractivity contribution in [3.8, 4) is 0 Å². The molecule has 0 aliphatic carbocycles. The van der Waals surface area contributed by atoms with Gasteiger partial charge in [0.05, 0.1) is 0 Å². The number of nitrogens with zero attached hydrogens (tertiary/aromatic N) is 1. The standard InChI is InChI=1S/C12H8Cl2F3NOS2.C2H6/c1-11(19,12(15,16)17)6-2-4-7(5-3-6)20-9-8(13)18-10(14)21-9;1-2/h2-5,19H,1H3;1-2H3. The molecule has 9 heteroatoms. The first-order valence-corrected chi connectivity index (χ1v) is 8.89. The van der Waals surface area contributed by atoms with Crippen LogP contribution in [0.5, 0.6) is 0 Å². The molecule has 1 aromatic heterocycles. The lowest BCUT2D eigenvalue weighted by Gasteiger charge is -2.26. The van der Waals surface area contributed by atoms with E-state index in [1.54, 1.807) is 0 Å². The minimum Gasteiger partial charge on any atom is -0.376 e. The predicted octanol–water partition coefficient (Wildman–Crippen LogP) is 6.40. The summed E-state index contributed by atoms with van der Waals surface area (Å²) in [6, 6.07) is 5.41. The summed E-state index contributed by atoms with van der Waals surface area (Å²) in [5, 5.41) is 9.82. The Kier molecular flexibility index (Phi) is 7.22. The Balaban J connectivity index is 0.00000127. The number of alkyl halides is 3. The molecule has 2 nitrogen and oxygen atoms in total. The van der Waals surface area contributed by atoms with E-state index in [2.05, 4.69) is 4.98 Å². The Bertz CT molecular complexity index is 642. The molecule has 1 heterocycles. The first-order chi connectivity index (χ1) is 10.6. The molecule has 0 spiro atoms. The molecule has 0 aliphatic heterocycles. The van der Waals surface area contributed by atoms with E-state index < -0.39 is 11.8 Å². The van der Waals surface area contributed by atoms with Crippen molar-refractivity contribution in [2.24, 2.45) is 0 Å². The van der Waals surface area contributed by atoms with Crippen LogP contribution in [0, 0.1) is 0 Å². The van der Waals surface area contributed by atoms with Gasteiger partial charge in [0.15, 0.2) is 15.2 Å². The second-order valence-corrected chi connectivity index (χ2v) is 7.52. The third-order valence-corrected chi connectivity index (χ3v) is 5.55. The fraction of sp³-hybridized carbons (Fsp3) is 0.357. The second-order valence-electron chi connectivity index (χ2n) is 4.24. The second kappa shape index (κ2) is 8.07. The average molecular weight is 404 g/mol. The SMILES string of the molecule is CC.CC(O)(c1ccc(Sc2sc(Cl)nc2Cl)cc1)C(F)(F)F. The van der Waals surface area contributed by atoms with Crippen LogP contribution in [0.15, 0.2) is 33.4 Å². The van der Waals surface area contributed by atoms with Gasteiger partial charge in [-0.25, -0.2) is 4.98 Å². The van der Waals surface area contributed by atoms with Crippen molar-refractivity contribution in [3.05, 3.63) is 39.4 Å². The van der Waals surface area contributed by atoms with Crippen molar-refractivity contribution in [2.75, 3.05) is 0 Å². The number of aliphatic hydroxyl groups is 1. The molecule has 0 aliphatic rings. The summed E-state index contributed by atoms with van der Waals surface area (Å²) in [6.45, 7) is 4.72. The van der Waals surface area contributed by atoms with Crippen LogP contribution >= 0.6 is 46.3 Å². The minimum atomic E-state index is -4.74. The minimum absolute atomic E-state index is 0.229. The van der Waals surface area contributed by atoms with Gasteiger partial charge in [-0.15, -0.1) is 0 Å². The van der Waals surface area contributed by atoms with Crippen LogP contribution in [0.25, 0.3) is 0 Å². The molecular weight excluding hydrogens is 390 g/mol. The van der Waals surface area contributed by atoms with E-state index in [0.29, 0.717) is 13.6 Å². The van der Waals surface area contributed by atoms with Gasteiger partial charge in [0.2, 0.25) is 0 Å². The summed E-state index contributed by atoms with van der Waals surface area (Å²) >= 11 is 14.0. The maximum Gasteiger partial charge on any atom is 0.421 e. The van der Waals surface area contributed by atoms with Gasteiger partial charge in [0.1, 0.15) is 4.21 Å². The molecule has 1 aromatic carbocycles. The van der Waals surface area contributed by atoms with E-state index in [-0.39, 0.29) is 10.7 Å². The number of benzene rings is 1. The van der Waals surface area contributed by atoms with Crippen LogP contribution in [0.2, 0.25) is 9.62 Å². The van der Waals surface area contributed by atoms with Crippen LogP contribution in [0.4, 0.5) is 13.2 Å². The van der Waals surface area contributed by atoms with Gasteiger partial charge in [-0.1, -0.05) is 72.3 Å². The van der Waals surface area contributed by atoms with Gasteiger partial charge in [0, 0.05) is 4.90 Å². The highest BCUT2D eigenvalue weighted by Gasteiger charge is 2.51. The normalized spacial score (nSPS) is 14.0. The molecule has 0 bridgehead atoms. The summed E-state index contributed by atoms with van der Waals surface area (Å²) in [5.74, 6) is 0. The Labute approximate surface area is 150 Å². The Morgan fingerprint density at radius 1 is 1.13 bits per heavy atom. The first-order valence-electron chi connectivity index (χ1n) is 6.50. The van der Waals surface area contributed by atoms with Crippen molar-refractivity contribution in [2.45, 2.75) is 41.7 Å². The highest BCUT2D eigenvalue weighted by Crippen LogP contribution is 2.41. The third-order valence-electron chi connectivity index (χ3n) is 2.71. The molecule has 128 valence electrons. The summed E-state index contributed by atoms with van der Waals surface area (Å²) in [4.78, 5) is 4.50. The van der Waals surface area contributed by atoms with Crippen molar-refractivity contribution in [1.82, 2.24) is 4.98 Å². The lowest BCUT2D eigenvalue weighted by atomic mass is 9.96. The van der Waals surface area contributed by atoms with Crippen LogP contribution in [0.1, 0.15) is 26.3 Å². The number of hydrogen-bond donors (Lipinski definition) is 1. The smallest absolute Gasteiger partial charge is 0.376 e. The van der Waals surface area contributed by atoms with Crippen LogP contribution < -0.4 is 0 Å². The average Bonchev–Trinajstić information content (AvgIpc) is 2.78. The maximum absolute atomic E-state index is 12.7. The number of rotatable bonds is 3. The fourth-order valence-electron chi connectivity index (χ4n) is 1.45. The molecule has 23 heavy (non-hydrogen) atoms. The Morgan fingerprint density at radius 2 is 1.65 bits per heavy atom. The lowest BCUT2D eigenvalue weighted by Crippen LogP contribution is -2.39. The van der Waals surface area contributed by atoms with E-state index in [1.165, 1.54) is 47.4 Å². The molecule has 0 radical (unpaired) electrons. The maximum atomic E-state index is 12.7. The number of halogens is 5. The van der Waals surface area contributed by atoms with Crippen molar-refractivity contribution in [3.63, 3.8) is 0 Å². The molecule has 0 fully saturated rings. The van der Waals surface area contributed by atoms with E-state index in [4.69, 9.17) is 23.2 Å². The monoisotopic (exact) mass is 403 g/mol. The highest BCUT2D eigenvalue weighted by atomic mass is 35.5. The van der Waals surface area contributed by atoms with E-state index in [0.717, 1.165) is 6.92 Å². The van der Waals surface area contributed by atoms with E-state index >= 15 is 0 Å². The molecule has 2 rings (SSSR count). The predicted molar refractivity (Wildman–Crippen MR) is 89.7 cm³/mol.